The number of aliphatic carboxylic acids is 1. The average Bonchev–Trinajstić information content (AvgIpc) is 3.25. The van der Waals surface area contributed by atoms with Gasteiger partial charge in [-0.05, 0) is 22.1 Å². The molecule has 0 aliphatic heterocycles. The zero-order valence-electron chi connectivity index (χ0n) is 17.1. The summed E-state index contributed by atoms with van der Waals surface area (Å²) in [6, 6.07) is 13.3. The van der Waals surface area contributed by atoms with Crippen LogP contribution in [0, 0.1) is 0 Å². The van der Waals surface area contributed by atoms with E-state index in [1.807, 2.05) is 0 Å². The fraction of sp³-hybridized carbons (Fsp3) is 0.190. The summed E-state index contributed by atoms with van der Waals surface area (Å²) in [6.07, 6.45) is -1.66. The number of carboxylic acid groups (broad SMARTS) is 2. The molecule has 0 fully saturated rings. The van der Waals surface area contributed by atoms with E-state index in [0.29, 0.717) is 5.56 Å². The van der Waals surface area contributed by atoms with Gasteiger partial charge in [0.15, 0.2) is 11.6 Å². The Balaban J connectivity index is 1.72. The topological polar surface area (TPSA) is 174 Å². The van der Waals surface area contributed by atoms with Gasteiger partial charge in [0.25, 0.3) is 0 Å². The van der Waals surface area contributed by atoms with Crippen LogP contribution in [-0.4, -0.2) is 60.3 Å². The molecule has 0 bridgehead atoms. The molecule has 1 unspecified atom stereocenters. The number of aromatic carboxylic acids is 1. The number of ether oxygens (including phenoxy) is 1. The van der Waals surface area contributed by atoms with Gasteiger partial charge in [-0.1, -0.05) is 48.5 Å². The Kier molecular flexibility index (Phi) is 7.42. The maximum Gasteiger partial charge on any atom is 0.408 e. The number of nitrogens with one attached hydrogen (secondary N) is 1. The molecule has 0 aliphatic carbocycles. The highest BCUT2D eigenvalue weighted by Crippen LogP contribution is 2.21. The van der Waals surface area contributed by atoms with Crippen molar-refractivity contribution < 1.29 is 34.1 Å². The van der Waals surface area contributed by atoms with E-state index in [2.05, 4.69) is 20.8 Å². The van der Waals surface area contributed by atoms with Crippen LogP contribution in [0.4, 0.5) is 4.79 Å². The number of Topliss-reactive ketones (excluding diaryl/α,β-unsaturated/α-hetero) is 1. The molecule has 12 nitrogen and oxygen atoms in total. The lowest BCUT2D eigenvalue weighted by Gasteiger charge is -2.16. The molecule has 0 aliphatic rings. The number of ketones is 1. The number of alkyl carbamates (subject to hydrolysis) is 1. The second-order valence-electron chi connectivity index (χ2n) is 6.83. The molecule has 3 rings (SSSR count). The van der Waals surface area contributed by atoms with Crippen LogP contribution in [-0.2, 0) is 27.5 Å². The van der Waals surface area contributed by atoms with Crippen molar-refractivity contribution >= 4 is 23.8 Å². The molecule has 1 heterocycles. The summed E-state index contributed by atoms with van der Waals surface area (Å²) in [5, 5.41) is 31.8. The van der Waals surface area contributed by atoms with Crippen LogP contribution in [0.2, 0.25) is 0 Å². The fourth-order valence-corrected chi connectivity index (χ4v) is 2.95. The van der Waals surface area contributed by atoms with Crippen LogP contribution in [0.5, 0.6) is 0 Å². The summed E-state index contributed by atoms with van der Waals surface area (Å²) < 4.78 is 6.09. The first-order valence-corrected chi connectivity index (χ1v) is 9.65. The number of carbonyl (C=O) groups excluding carboxylic acids is 2. The van der Waals surface area contributed by atoms with Crippen molar-refractivity contribution in [2.24, 2.45) is 0 Å². The Labute approximate surface area is 186 Å². The van der Waals surface area contributed by atoms with Gasteiger partial charge in [0.05, 0.1) is 12.0 Å². The van der Waals surface area contributed by atoms with Gasteiger partial charge in [0, 0.05) is 5.56 Å². The highest BCUT2D eigenvalue weighted by Gasteiger charge is 2.27. The lowest BCUT2D eigenvalue weighted by molar-refractivity contribution is -0.139. The summed E-state index contributed by atoms with van der Waals surface area (Å²) in [5.41, 5.74) is 0.808. The van der Waals surface area contributed by atoms with Gasteiger partial charge in [-0.25, -0.2) is 14.3 Å². The molecule has 1 atom stereocenters. The Bertz CT molecular complexity index is 1160. The number of tetrazole rings is 1. The molecule has 12 heteroatoms. The molecule has 0 spiro atoms. The maximum atomic E-state index is 12.8. The highest BCUT2D eigenvalue weighted by molar-refractivity contribution is 5.95. The largest absolute Gasteiger partial charge is 0.481 e. The van der Waals surface area contributed by atoms with E-state index in [1.54, 1.807) is 36.4 Å². The van der Waals surface area contributed by atoms with Crippen LogP contribution in [0.3, 0.4) is 0 Å². The van der Waals surface area contributed by atoms with Crippen molar-refractivity contribution in [2.75, 3.05) is 0 Å². The van der Waals surface area contributed by atoms with Crippen molar-refractivity contribution in [3.05, 3.63) is 65.7 Å². The van der Waals surface area contributed by atoms with E-state index < -0.39 is 42.8 Å². The molecule has 3 N–H and O–H groups in total. The molecule has 0 radical (unpaired) electrons. The van der Waals surface area contributed by atoms with E-state index in [1.165, 1.54) is 18.2 Å². The predicted molar refractivity (Wildman–Crippen MR) is 111 cm³/mol. The summed E-state index contributed by atoms with van der Waals surface area (Å²) in [7, 11) is 0. The third kappa shape index (κ3) is 6.19. The molecule has 170 valence electrons. The molecule has 3 aromatic rings. The normalized spacial score (nSPS) is 11.4. The summed E-state index contributed by atoms with van der Waals surface area (Å²) >= 11 is 0. The average molecular weight is 453 g/mol. The van der Waals surface area contributed by atoms with E-state index >= 15 is 0 Å². The first-order chi connectivity index (χ1) is 15.8. The lowest BCUT2D eigenvalue weighted by Crippen LogP contribution is -2.44. The van der Waals surface area contributed by atoms with Crippen molar-refractivity contribution in [1.29, 1.82) is 0 Å². The standard InChI is InChI=1S/C21H19N5O7/c27-17(11-26-19(23-24-25-26)14-8-4-5-9-15(14)20(30)31)16(10-18(28)29)22-21(32)33-12-13-6-2-1-3-7-13/h1-9,16H,10-12H2,(H,22,32)(H,28,29)(H,30,31). The van der Waals surface area contributed by atoms with Crippen molar-refractivity contribution in [2.45, 2.75) is 25.6 Å². The number of rotatable bonds is 10. The van der Waals surface area contributed by atoms with Crippen molar-refractivity contribution in [3.63, 3.8) is 0 Å². The van der Waals surface area contributed by atoms with Gasteiger partial charge in [0.1, 0.15) is 19.2 Å². The quantitative estimate of drug-likeness (QED) is 0.407. The minimum absolute atomic E-state index is 0.00193. The number of aromatic nitrogens is 4. The van der Waals surface area contributed by atoms with E-state index in [0.717, 1.165) is 4.68 Å². The Morgan fingerprint density at radius 2 is 1.70 bits per heavy atom. The fourth-order valence-electron chi connectivity index (χ4n) is 2.95. The third-order valence-corrected chi connectivity index (χ3v) is 4.51. The minimum Gasteiger partial charge on any atom is -0.481 e. The second-order valence-corrected chi connectivity index (χ2v) is 6.83. The van der Waals surface area contributed by atoms with Crippen LogP contribution in [0.15, 0.2) is 54.6 Å². The summed E-state index contributed by atoms with van der Waals surface area (Å²) in [5.74, 6) is -3.24. The number of carboxylic acids is 2. The lowest BCUT2D eigenvalue weighted by atomic mass is 10.1. The van der Waals surface area contributed by atoms with Crippen LogP contribution >= 0.6 is 0 Å². The van der Waals surface area contributed by atoms with Crippen molar-refractivity contribution in [3.8, 4) is 11.4 Å². The molecule has 0 saturated carbocycles. The van der Waals surface area contributed by atoms with Gasteiger partial charge >= 0.3 is 18.0 Å². The number of hydrogen-bond donors (Lipinski definition) is 3. The van der Waals surface area contributed by atoms with Crippen LogP contribution in [0.25, 0.3) is 11.4 Å². The summed E-state index contributed by atoms with van der Waals surface area (Å²) in [4.78, 5) is 47.6. The molecule has 1 aromatic heterocycles. The summed E-state index contributed by atoms with van der Waals surface area (Å²) in [6.45, 7) is -0.572. The van der Waals surface area contributed by atoms with Crippen LogP contribution in [0.1, 0.15) is 22.3 Å². The molecular formula is C21H19N5O7. The first-order valence-electron chi connectivity index (χ1n) is 9.65. The van der Waals surface area contributed by atoms with Crippen LogP contribution < -0.4 is 5.32 Å². The van der Waals surface area contributed by atoms with E-state index in [4.69, 9.17) is 9.84 Å². The maximum absolute atomic E-state index is 12.8. The number of amides is 1. The SMILES string of the molecule is O=C(O)CC(NC(=O)OCc1ccccc1)C(=O)Cn1nnnc1-c1ccccc1C(=O)O. The Hall–Kier alpha value is -4.61. The van der Waals surface area contributed by atoms with E-state index in [9.17, 15) is 24.3 Å². The number of benzene rings is 2. The van der Waals surface area contributed by atoms with Gasteiger partial charge in [-0.2, -0.15) is 0 Å². The van der Waals surface area contributed by atoms with Gasteiger partial charge in [-0.15, -0.1) is 5.10 Å². The van der Waals surface area contributed by atoms with Crippen molar-refractivity contribution in [1.82, 2.24) is 25.5 Å². The Morgan fingerprint density at radius 3 is 2.39 bits per heavy atom. The zero-order valence-corrected chi connectivity index (χ0v) is 17.1. The molecule has 0 saturated heterocycles. The number of nitrogens with zero attached hydrogens (tertiary/aromatic N) is 4. The second kappa shape index (κ2) is 10.6. The predicted octanol–water partition coefficient (Wildman–Crippen LogP) is 1.38. The number of hydrogen-bond acceptors (Lipinski definition) is 8. The molecule has 2 aromatic carbocycles. The smallest absolute Gasteiger partial charge is 0.408 e. The number of carbonyl (C=O) groups is 4. The third-order valence-electron chi connectivity index (χ3n) is 4.51. The Morgan fingerprint density at radius 1 is 1.00 bits per heavy atom. The van der Waals surface area contributed by atoms with Gasteiger partial charge in [0.2, 0.25) is 0 Å². The monoisotopic (exact) mass is 453 g/mol. The highest BCUT2D eigenvalue weighted by atomic mass is 16.5. The zero-order chi connectivity index (χ0) is 23.8. The molecular weight excluding hydrogens is 434 g/mol. The minimum atomic E-state index is -1.42. The van der Waals surface area contributed by atoms with E-state index in [-0.39, 0.29) is 23.6 Å². The molecule has 33 heavy (non-hydrogen) atoms. The molecule has 1 amide bonds. The van der Waals surface area contributed by atoms with Gasteiger partial charge in [-0.3, -0.25) is 9.59 Å². The first kappa shape index (κ1) is 23.1. The van der Waals surface area contributed by atoms with Gasteiger partial charge < -0.3 is 20.3 Å².